The summed E-state index contributed by atoms with van der Waals surface area (Å²) in [6.45, 7) is 0.862. The Morgan fingerprint density at radius 1 is 1.17 bits per heavy atom. The molecule has 4 bridgehead atoms. The molecule has 0 atom stereocenters. The summed E-state index contributed by atoms with van der Waals surface area (Å²) in [5, 5.41) is 11.6. The van der Waals surface area contributed by atoms with Crippen molar-refractivity contribution in [3.63, 3.8) is 0 Å². The van der Waals surface area contributed by atoms with E-state index in [1.165, 1.54) is 38.5 Å². The fraction of sp³-hybridized carbons (Fsp3) is 0.867. The van der Waals surface area contributed by atoms with Crippen molar-refractivity contribution >= 4 is 5.91 Å². The second-order valence-corrected chi connectivity index (χ2v) is 6.85. The number of amides is 1. The van der Waals surface area contributed by atoms with Crippen LogP contribution < -0.4 is 5.32 Å². The number of nitriles is 1. The fourth-order valence-electron chi connectivity index (χ4n) is 5.05. The quantitative estimate of drug-likeness (QED) is 0.829. The first-order valence-corrected chi connectivity index (χ1v) is 7.33. The van der Waals surface area contributed by atoms with Gasteiger partial charge in [-0.05, 0) is 61.7 Å². The Kier molecular flexibility index (Phi) is 3.05. The number of carbonyl (C=O) groups excluding carboxylic acids is 1. The molecule has 1 N–H and O–H groups in total. The van der Waals surface area contributed by atoms with Crippen molar-refractivity contribution in [3.05, 3.63) is 0 Å². The van der Waals surface area contributed by atoms with E-state index in [1.54, 1.807) is 0 Å². The first-order chi connectivity index (χ1) is 8.69. The Morgan fingerprint density at radius 2 is 1.72 bits per heavy atom. The van der Waals surface area contributed by atoms with Gasteiger partial charge in [-0.25, -0.2) is 0 Å². The van der Waals surface area contributed by atoms with Crippen LogP contribution in [0.15, 0.2) is 0 Å². The van der Waals surface area contributed by atoms with Crippen LogP contribution in [0.2, 0.25) is 0 Å². The molecule has 0 aliphatic heterocycles. The van der Waals surface area contributed by atoms with Gasteiger partial charge < -0.3 is 5.32 Å². The zero-order valence-corrected chi connectivity index (χ0v) is 11.0. The van der Waals surface area contributed by atoms with E-state index in [-0.39, 0.29) is 5.91 Å². The summed E-state index contributed by atoms with van der Waals surface area (Å²) < 4.78 is 0. The van der Waals surface area contributed by atoms with Gasteiger partial charge in [-0.1, -0.05) is 0 Å². The molecule has 0 heterocycles. The molecule has 1 amide bonds. The number of nitrogens with one attached hydrogen (secondary N) is 1. The molecular formula is C15H22N2O. The standard InChI is InChI=1S/C15H22N2O/c16-3-1-2-14(18)17-10-15-7-11-4-12(8-15)6-13(5-11)9-15/h11-13H,1-2,4-10H2,(H,17,18). The summed E-state index contributed by atoms with van der Waals surface area (Å²) in [5.41, 5.74) is 0.414. The van der Waals surface area contributed by atoms with Gasteiger partial charge in [-0.3, -0.25) is 4.79 Å². The third-order valence-corrected chi connectivity index (χ3v) is 5.29. The van der Waals surface area contributed by atoms with Crippen LogP contribution in [0, 0.1) is 34.5 Å². The van der Waals surface area contributed by atoms with E-state index >= 15 is 0 Å². The highest BCUT2D eigenvalue weighted by molar-refractivity contribution is 5.76. The lowest BCUT2D eigenvalue weighted by Gasteiger charge is -2.56. The average Bonchev–Trinajstić information content (AvgIpc) is 2.32. The molecule has 4 aliphatic carbocycles. The minimum absolute atomic E-state index is 0.0623. The number of hydrogen-bond donors (Lipinski definition) is 1. The van der Waals surface area contributed by atoms with Gasteiger partial charge in [0.05, 0.1) is 6.07 Å². The Labute approximate surface area is 109 Å². The molecule has 0 unspecified atom stereocenters. The summed E-state index contributed by atoms with van der Waals surface area (Å²) >= 11 is 0. The summed E-state index contributed by atoms with van der Waals surface area (Å²) in [7, 11) is 0. The molecule has 98 valence electrons. The molecule has 4 fully saturated rings. The molecule has 0 spiro atoms. The monoisotopic (exact) mass is 246 g/mol. The van der Waals surface area contributed by atoms with E-state index in [2.05, 4.69) is 5.32 Å². The van der Waals surface area contributed by atoms with E-state index in [9.17, 15) is 4.79 Å². The molecular weight excluding hydrogens is 224 g/mol. The number of nitrogens with zero attached hydrogens (tertiary/aromatic N) is 1. The van der Waals surface area contributed by atoms with Crippen LogP contribution in [0.25, 0.3) is 0 Å². The van der Waals surface area contributed by atoms with Crippen molar-refractivity contribution in [2.24, 2.45) is 23.2 Å². The first kappa shape index (κ1) is 12.0. The first-order valence-electron chi connectivity index (χ1n) is 7.33. The predicted octanol–water partition coefficient (Wildman–Crippen LogP) is 2.62. The summed E-state index contributed by atoms with van der Waals surface area (Å²) in [6.07, 6.45) is 9.03. The second-order valence-electron chi connectivity index (χ2n) is 6.85. The maximum absolute atomic E-state index is 11.6. The zero-order valence-electron chi connectivity index (χ0n) is 11.0. The highest BCUT2D eigenvalue weighted by Gasteiger charge is 2.50. The highest BCUT2D eigenvalue weighted by Crippen LogP contribution is 2.59. The minimum atomic E-state index is 0.0623. The van der Waals surface area contributed by atoms with Crippen molar-refractivity contribution in [2.45, 2.75) is 51.4 Å². The summed E-state index contributed by atoms with van der Waals surface area (Å²) in [4.78, 5) is 11.6. The molecule has 18 heavy (non-hydrogen) atoms. The zero-order chi connectivity index (χ0) is 12.6. The van der Waals surface area contributed by atoms with Crippen molar-refractivity contribution in [1.29, 1.82) is 5.26 Å². The number of carbonyl (C=O) groups is 1. The normalized spacial score (nSPS) is 40.5. The Bertz CT molecular complexity index is 347. The van der Waals surface area contributed by atoms with Crippen LogP contribution in [0.1, 0.15) is 51.4 Å². The SMILES string of the molecule is N#CCCC(=O)NCC12CC3CC(CC(C3)C1)C2. The smallest absolute Gasteiger partial charge is 0.221 e. The van der Waals surface area contributed by atoms with Crippen LogP contribution in [0.4, 0.5) is 0 Å². The average molecular weight is 246 g/mol. The lowest BCUT2D eigenvalue weighted by Crippen LogP contribution is -2.51. The maximum Gasteiger partial charge on any atom is 0.221 e. The third kappa shape index (κ3) is 2.25. The highest BCUT2D eigenvalue weighted by atomic mass is 16.1. The molecule has 0 aromatic carbocycles. The van der Waals surface area contributed by atoms with Crippen LogP contribution in [-0.4, -0.2) is 12.5 Å². The molecule has 4 rings (SSSR count). The molecule has 0 radical (unpaired) electrons. The van der Waals surface area contributed by atoms with Crippen LogP contribution in [0.5, 0.6) is 0 Å². The van der Waals surface area contributed by atoms with Gasteiger partial charge in [0, 0.05) is 19.4 Å². The largest absolute Gasteiger partial charge is 0.356 e. The van der Waals surface area contributed by atoms with Gasteiger partial charge in [-0.2, -0.15) is 5.26 Å². The topological polar surface area (TPSA) is 52.9 Å². The molecule has 3 heteroatoms. The Hall–Kier alpha value is -1.04. The van der Waals surface area contributed by atoms with Crippen LogP contribution in [0.3, 0.4) is 0 Å². The minimum Gasteiger partial charge on any atom is -0.356 e. The Morgan fingerprint density at radius 3 is 2.22 bits per heavy atom. The predicted molar refractivity (Wildman–Crippen MR) is 68.5 cm³/mol. The van der Waals surface area contributed by atoms with Crippen molar-refractivity contribution in [1.82, 2.24) is 5.32 Å². The summed E-state index contributed by atoms with van der Waals surface area (Å²) in [6, 6.07) is 2.03. The molecule has 3 nitrogen and oxygen atoms in total. The van der Waals surface area contributed by atoms with Crippen molar-refractivity contribution in [3.8, 4) is 6.07 Å². The van der Waals surface area contributed by atoms with Gasteiger partial charge in [0.15, 0.2) is 0 Å². The van der Waals surface area contributed by atoms with E-state index in [0.717, 1.165) is 24.3 Å². The van der Waals surface area contributed by atoms with Crippen LogP contribution in [-0.2, 0) is 4.79 Å². The summed E-state index contributed by atoms with van der Waals surface area (Å²) in [5.74, 6) is 2.87. The second kappa shape index (κ2) is 4.57. The molecule has 0 saturated heterocycles. The van der Waals surface area contributed by atoms with Gasteiger partial charge in [0.1, 0.15) is 0 Å². The number of hydrogen-bond acceptors (Lipinski definition) is 2. The van der Waals surface area contributed by atoms with Gasteiger partial charge >= 0.3 is 0 Å². The van der Waals surface area contributed by atoms with E-state index in [1.807, 2.05) is 6.07 Å². The van der Waals surface area contributed by atoms with E-state index in [4.69, 9.17) is 5.26 Å². The molecule has 4 saturated carbocycles. The lowest BCUT2D eigenvalue weighted by atomic mass is 9.49. The molecule has 4 aliphatic rings. The van der Waals surface area contributed by atoms with E-state index < -0.39 is 0 Å². The third-order valence-electron chi connectivity index (χ3n) is 5.29. The van der Waals surface area contributed by atoms with Crippen molar-refractivity contribution < 1.29 is 4.79 Å². The Balaban J connectivity index is 1.56. The van der Waals surface area contributed by atoms with Gasteiger partial charge in [0.25, 0.3) is 0 Å². The molecule has 0 aromatic rings. The van der Waals surface area contributed by atoms with Crippen LogP contribution >= 0.6 is 0 Å². The molecule has 0 aromatic heterocycles. The van der Waals surface area contributed by atoms with Gasteiger partial charge in [0.2, 0.25) is 5.91 Å². The maximum atomic E-state index is 11.6. The van der Waals surface area contributed by atoms with E-state index in [0.29, 0.717) is 18.3 Å². The number of rotatable bonds is 4. The lowest BCUT2D eigenvalue weighted by molar-refractivity contribution is -0.123. The van der Waals surface area contributed by atoms with Crippen molar-refractivity contribution in [2.75, 3.05) is 6.54 Å². The fourth-order valence-corrected chi connectivity index (χ4v) is 5.05. The van der Waals surface area contributed by atoms with Gasteiger partial charge in [-0.15, -0.1) is 0 Å².